The molecule has 1 rings (SSSR count). The molecule has 0 heterocycles. The van der Waals surface area contributed by atoms with Gasteiger partial charge in [0.25, 0.3) is 5.97 Å². The van der Waals surface area contributed by atoms with Gasteiger partial charge in [0.15, 0.2) is 0 Å². The van der Waals surface area contributed by atoms with Crippen molar-refractivity contribution in [3.63, 3.8) is 0 Å². The van der Waals surface area contributed by atoms with E-state index < -0.39 is 13.7 Å². The predicted molar refractivity (Wildman–Crippen MR) is 93.9 cm³/mol. The van der Waals surface area contributed by atoms with E-state index in [9.17, 15) is 4.79 Å². The molecule has 0 bridgehead atoms. The summed E-state index contributed by atoms with van der Waals surface area (Å²) in [7, 11) is -1.82. The number of benzene rings is 1. The SMILES string of the molecule is Cc1ccc(C)c(OCCCC(C)(C)C(=O)O[Si](C)(C)C)c1. The zero-order chi connectivity index (χ0) is 17.0. The fourth-order valence-electron chi connectivity index (χ4n) is 2.08. The quantitative estimate of drug-likeness (QED) is 0.531. The Bertz CT molecular complexity index is 516. The van der Waals surface area contributed by atoms with E-state index in [-0.39, 0.29) is 5.97 Å². The van der Waals surface area contributed by atoms with Gasteiger partial charge in [-0.25, -0.2) is 0 Å². The van der Waals surface area contributed by atoms with E-state index in [0.29, 0.717) is 6.61 Å². The minimum Gasteiger partial charge on any atom is -0.519 e. The first-order chi connectivity index (χ1) is 10.0. The Morgan fingerprint density at radius 2 is 1.82 bits per heavy atom. The van der Waals surface area contributed by atoms with Crippen LogP contribution < -0.4 is 4.74 Å². The Morgan fingerprint density at radius 1 is 1.18 bits per heavy atom. The van der Waals surface area contributed by atoms with Gasteiger partial charge in [-0.3, -0.25) is 4.79 Å². The molecule has 0 saturated carbocycles. The molecule has 0 atom stereocenters. The average molecular weight is 323 g/mol. The number of carbonyl (C=O) groups excluding carboxylic acids is 1. The third-order valence-electron chi connectivity index (χ3n) is 3.50. The molecule has 124 valence electrons. The minimum absolute atomic E-state index is 0.0848. The molecule has 0 unspecified atom stereocenters. The van der Waals surface area contributed by atoms with Crippen molar-refractivity contribution in [1.29, 1.82) is 0 Å². The molecule has 1 aromatic carbocycles. The third kappa shape index (κ3) is 6.22. The second-order valence-electron chi connectivity index (χ2n) is 7.61. The number of rotatable bonds is 7. The molecule has 3 nitrogen and oxygen atoms in total. The highest BCUT2D eigenvalue weighted by atomic mass is 28.4. The minimum atomic E-state index is -1.82. The van der Waals surface area contributed by atoms with E-state index in [1.165, 1.54) is 5.56 Å². The molecule has 0 aromatic heterocycles. The summed E-state index contributed by atoms with van der Waals surface area (Å²) in [6.45, 7) is 14.7. The molecular formula is C18H30O3Si. The van der Waals surface area contributed by atoms with Crippen LogP contribution in [-0.4, -0.2) is 20.9 Å². The molecule has 0 N–H and O–H groups in total. The van der Waals surface area contributed by atoms with Crippen LogP contribution in [-0.2, 0) is 9.22 Å². The van der Waals surface area contributed by atoms with Gasteiger partial charge >= 0.3 is 0 Å². The Kier molecular flexibility index (Phi) is 6.24. The highest BCUT2D eigenvalue weighted by molar-refractivity contribution is 6.71. The molecule has 0 amide bonds. The van der Waals surface area contributed by atoms with Crippen LogP contribution in [0.1, 0.15) is 37.8 Å². The number of carbonyl (C=O) groups is 1. The third-order valence-corrected chi connectivity index (χ3v) is 4.30. The highest BCUT2D eigenvalue weighted by Gasteiger charge is 2.32. The van der Waals surface area contributed by atoms with Crippen LogP contribution in [0.25, 0.3) is 0 Å². The molecule has 0 fully saturated rings. The lowest BCUT2D eigenvalue weighted by Gasteiger charge is -2.27. The van der Waals surface area contributed by atoms with Gasteiger partial charge in [0, 0.05) is 0 Å². The van der Waals surface area contributed by atoms with Crippen molar-refractivity contribution in [3.05, 3.63) is 29.3 Å². The lowest BCUT2D eigenvalue weighted by Crippen LogP contribution is -2.37. The summed E-state index contributed by atoms with van der Waals surface area (Å²) < 4.78 is 11.5. The first kappa shape index (κ1) is 18.8. The first-order valence-electron chi connectivity index (χ1n) is 7.95. The Hall–Kier alpha value is -1.29. The van der Waals surface area contributed by atoms with Crippen molar-refractivity contribution in [1.82, 2.24) is 0 Å². The van der Waals surface area contributed by atoms with Gasteiger partial charge in [0.2, 0.25) is 8.32 Å². The summed E-state index contributed by atoms with van der Waals surface area (Å²) in [5.41, 5.74) is 1.88. The Morgan fingerprint density at radius 3 is 2.41 bits per heavy atom. The van der Waals surface area contributed by atoms with Crippen molar-refractivity contribution < 1.29 is 14.0 Å². The van der Waals surface area contributed by atoms with Gasteiger partial charge in [-0.15, -0.1) is 0 Å². The maximum absolute atomic E-state index is 12.2. The zero-order valence-corrected chi connectivity index (χ0v) is 16.1. The predicted octanol–water partition coefficient (Wildman–Crippen LogP) is 4.87. The normalized spacial score (nSPS) is 12.1. The summed E-state index contributed by atoms with van der Waals surface area (Å²) >= 11 is 0. The summed E-state index contributed by atoms with van der Waals surface area (Å²) in [4.78, 5) is 12.2. The molecule has 0 aliphatic heterocycles. The van der Waals surface area contributed by atoms with Gasteiger partial charge in [-0.1, -0.05) is 12.1 Å². The highest BCUT2D eigenvalue weighted by Crippen LogP contribution is 2.26. The lowest BCUT2D eigenvalue weighted by atomic mass is 9.88. The van der Waals surface area contributed by atoms with Crippen LogP contribution in [0, 0.1) is 19.3 Å². The van der Waals surface area contributed by atoms with Gasteiger partial charge in [0.05, 0.1) is 12.0 Å². The summed E-state index contributed by atoms with van der Waals surface area (Å²) in [5, 5.41) is 0. The molecule has 0 radical (unpaired) electrons. The summed E-state index contributed by atoms with van der Waals surface area (Å²) in [6, 6.07) is 6.21. The number of hydrogen-bond donors (Lipinski definition) is 0. The molecule has 22 heavy (non-hydrogen) atoms. The van der Waals surface area contributed by atoms with Crippen LogP contribution in [0.3, 0.4) is 0 Å². The molecular weight excluding hydrogens is 292 g/mol. The van der Waals surface area contributed by atoms with E-state index in [2.05, 4.69) is 25.1 Å². The second kappa shape index (κ2) is 7.31. The van der Waals surface area contributed by atoms with Gasteiger partial charge < -0.3 is 9.16 Å². The summed E-state index contributed by atoms with van der Waals surface area (Å²) in [6.07, 6.45) is 1.60. The average Bonchev–Trinajstić information content (AvgIpc) is 2.36. The Balaban J connectivity index is 2.46. The van der Waals surface area contributed by atoms with Gasteiger partial charge in [-0.05, 0) is 77.4 Å². The van der Waals surface area contributed by atoms with Gasteiger partial charge in [0.1, 0.15) is 5.75 Å². The zero-order valence-electron chi connectivity index (χ0n) is 15.1. The maximum atomic E-state index is 12.2. The maximum Gasteiger partial charge on any atom is 0.298 e. The largest absolute Gasteiger partial charge is 0.519 e. The topological polar surface area (TPSA) is 35.5 Å². The van der Waals surface area contributed by atoms with Crippen molar-refractivity contribution in [2.75, 3.05) is 6.61 Å². The van der Waals surface area contributed by atoms with Crippen molar-refractivity contribution >= 4 is 14.3 Å². The van der Waals surface area contributed by atoms with Crippen LogP contribution >= 0.6 is 0 Å². The first-order valence-corrected chi connectivity index (χ1v) is 11.4. The fourth-order valence-corrected chi connectivity index (χ4v) is 2.91. The van der Waals surface area contributed by atoms with Crippen molar-refractivity contribution in [2.45, 2.75) is 60.2 Å². The van der Waals surface area contributed by atoms with Gasteiger partial charge in [-0.2, -0.15) is 0 Å². The van der Waals surface area contributed by atoms with E-state index >= 15 is 0 Å². The molecule has 0 saturated heterocycles. The Labute approximate surface area is 136 Å². The number of aryl methyl sites for hydroxylation is 2. The smallest absolute Gasteiger partial charge is 0.298 e. The molecule has 0 aliphatic carbocycles. The molecule has 1 aromatic rings. The lowest BCUT2D eigenvalue weighted by molar-refractivity contribution is -0.145. The van der Waals surface area contributed by atoms with E-state index in [1.54, 1.807) is 0 Å². The van der Waals surface area contributed by atoms with Crippen LogP contribution in [0.15, 0.2) is 18.2 Å². The molecule has 0 spiro atoms. The van der Waals surface area contributed by atoms with E-state index in [4.69, 9.17) is 9.16 Å². The monoisotopic (exact) mass is 322 g/mol. The van der Waals surface area contributed by atoms with Crippen LogP contribution in [0.5, 0.6) is 5.75 Å². The number of ether oxygens (including phenoxy) is 1. The van der Waals surface area contributed by atoms with Crippen LogP contribution in [0.2, 0.25) is 19.6 Å². The second-order valence-corrected chi connectivity index (χ2v) is 12.0. The molecule has 0 aliphatic rings. The fraction of sp³-hybridized carbons (Fsp3) is 0.611. The molecule has 4 heteroatoms. The van der Waals surface area contributed by atoms with E-state index in [1.807, 2.05) is 40.4 Å². The van der Waals surface area contributed by atoms with Crippen molar-refractivity contribution in [2.24, 2.45) is 5.41 Å². The van der Waals surface area contributed by atoms with Crippen molar-refractivity contribution in [3.8, 4) is 5.75 Å². The van der Waals surface area contributed by atoms with Crippen LogP contribution in [0.4, 0.5) is 0 Å². The number of hydrogen-bond acceptors (Lipinski definition) is 3. The standard InChI is InChI=1S/C18H30O3Si/c1-14-9-10-15(2)16(13-14)20-12-8-11-18(3,4)17(19)21-22(5,6)7/h9-10,13H,8,11-12H2,1-7H3. The summed E-state index contributed by atoms with van der Waals surface area (Å²) in [5.74, 6) is 0.848. The van der Waals surface area contributed by atoms with E-state index in [0.717, 1.165) is 24.2 Å².